The van der Waals surface area contributed by atoms with Gasteiger partial charge in [-0.3, -0.25) is 14.5 Å². The Kier molecular flexibility index (Phi) is 7.79. The molecule has 1 aromatic rings. The summed E-state index contributed by atoms with van der Waals surface area (Å²) in [6.45, 7) is 5.04. The number of carbonyl (C=O) groups is 2. The maximum Gasteiger partial charge on any atom is 0.224 e. The lowest BCUT2D eigenvalue weighted by atomic mass is 9.79. The van der Waals surface area contributed by atoms with Crippen molar-refractivity contribution in [3.05, 3.63) is 35.6 Å². The molecule has 176 valence electrons. The van der Waals surface area contributed by atoms with E-state index >= 15 is 0 Å². The average molecular weight is 446 g/mol. The number of nitrogens with zero attached hydrogens (tertiary/aromatic N) is 2. The summed E-state index contributed by atoms with van der Waals surface area (Å²) >= 11 is 0. The molecule has 3 aliphatic rings. The maximum atomic E-state index is 13.4. The van der Waals surface area contributed by atoms with Crippen LogP contribution in [0.3, 0.4) is 0 Å². The number of carbonyl (C=O) groups excluding carboxylic acids is 2. The molecule has 2 heterocycles. The van der Waals surface area contributed by atoms with E-state index in [1.807, 2.05) is 6.07 Å². The van der Waals surface area contributed by atoms with Gasteiger partial charge in [-0.1, -0.05) is 31.4 Å². The predicted octanol–water partition coefficient (Wildman–Crippen LogP) is 2.76. The number of ether oxygens (including phenoxy) is 1. The van der Waals surface area contributed by atoms with Gasteiger partial charge in [-0.25, -0.2) is 4.39 Å². The molecule has 2 aliphatic heterocycles. The molecule has 32 heavy (non-hydrogen) atoms. The van der Waals surface area contributed by atoms with E-state index in [-0.39, 0.29) is 29.1 Å². The molecule has 1 N–H and O–H groups in total. The molecule has 1 aliphatic carbocycles. The number of halogens is 1. The second-order valence-electron chi connectivity index (χ2n) is 9.56. The molecule has 1 aromatic carbocycles. The molecule has 7 heteroatoms. The highest BCUT2D eigenvalue weighted by Gasteiger charge is 2.39. The van der Waals surface area contributed by atoms with Gasteiger partial charge in [-0.15, -0.1) is 0 Å². The zero-order chi connectivity index (χ0) is 22.4. The molecule has 0 radical (unpaired) electrons. The summed E-state index contributed by atoms with van der Waals surface area (Å²) < 4.78 is 19.0. The van der Waals surface area contributed by atoms with E-state index in [1.165, 1.54) is 31.4 Å². The van der Waals surface area contributed by atoms with Crippen molar-refractivity contribution in [2.24, 2.45) is 5.92 Å². The van der Waals surface area contributed by atoms with Crippen LogP contribution in [0, 0.1) is 11.7 Å². The average Bonchev–Trinajstić information content (AvgIpc) is 2.83. The van der Waals surface area contributed by atoms with Gasteiger partial charge in [0, 0.05) is 44.7 Å². The van der Waals surface area contributed by atoms with Crippen LogP contribution >= 0.6 is 0 Å². The van der Waals surface area contributed by atoms with Crippen LogP contribution in [0.4, 0.5) is 4.39 Å². The van der Waals surface area contributed by atoms with Crippen molar-refractivity contribution in [1.29, 1.82) is 0 Å². The van der Waals surface area contributed by atoms with Crippen LogP contribution in [0.1, 0.15) is 50.5 Å². The van der Waals surface area contributed by atoms with Crippen molar-refractivity contribution in [2.75, 3.05) is 45.9 Å². The van der Waals surface area contributed by atoms with E-state index in [4.69, 9.17) is 4.74 Å². The molecule has 1 saturated carbocycles. The summed E-state index contributed by atoms with van der Waals surface area (Å²) in [5, 5.41) is 3.27. The maximum absolute atomic E-state index is 13.4. The highest BCUT2D eigenvalue weighted by molar-refractivity contribution is 5.83. The zero-order valence-electron chi connectivity index (χ0n) is 19.0. The third-order valence-electron chi connectivity index (χ3n) is 7.49. The molecule has 0 spiro atoms. The van der Waals surface area contributed by atoms with Gasteiger partial charge in [0.25, 0.3) is 0 Å². The SMILES string of the molecule is O=C(NCC1(N2CCOCC2)CCCCC1)[C@H]1CCC(=O)N(CCc2cccc(F)c2)C1. The number of likely N-dealkylation sites (tertiary alicyclic amines) is 1. The third kappa shape index (κ3) is 5.67. The van der Waals surface area contributed by atoms with Crippen molar-refractivity contribution in [1.82, 2.24) is 15.1 Å². The lowest BCUT2D eigenvalue weighted by molar-refractivity contribution is -0.138. The molecule has 0 bridgehead atoms. The van der Waals surface area contributed by atoms with E-state index in [1.54, 1.807) is 11.0 Å². The molecule has 2 amide bonds. The second-order valence-corrected chi connectivity index (χ2v) is 9.56. The van der Waals surface area contributed by atoms with Crippen LogP contribution in [-0.4, -0.2) is 73.1 Å². The monoisotopic (exact) mass is 445 g/mol. The van der Waals surface area contributed by atoms with Gasteiger partial charge in [-0.05, 0) is 43.4 Å². The fourth-order valence-electron chi connectivity index (χ4n) is 5.55. The molecule has 1 atom stereocenters. The quantitative estimate of drug-likeness (QED) is 0.701. The highest BCUT2D eigenvalue weighted by Crippen LogP contribution is 2.34. The number of nitrogens with one attached hydrogen (secondary N) is 1. The van der Waals surface area contributed by atoms with E-state index in [0.717, 1.165) is 44.7 Å². The Hall–Kier alpha value is -1.99. The second kappa shape index (κ2) is 10.8. The summed E-state index contributed by atoms with van der Waals surface area (Å²) in [7, 11) is 0. The Balaban J connectivity index is 1.32. The summed E-state index contributed by atoms with van der Waals surface area (Å²) in [5.41, 5.74) is 0.910. The number of rotatable bonds is 7. The first-order chi connectivity index (χ1) is 15.6. The normalized spacial score (nSPS) is 24.3. The van der Waals surface area contributed by atoms with E-state index in [0.29, 0.717) is 38.9 Å². The molecule has 3 fully saturated rings. The Morgan fingerprint density at radius 2 is 1.97 bits per heavy atom. The van der Waals surface area contributed by atoms with Gasteiger partial charge in [0.1, 0.15) is 5.82 Å². The van der Waals surface area contributed by atoms with Gasteiger partial charge >= 0.3 is 0 Å². The standard InChI is InChI=1S/C25H36FN3O3/c26-22-6-4-5-20(17-22)9-12-28-18-21(7-8-23(28)30)24(31)27-19-25(10-2-1-3-11-25)29-13-15-32-16-14-29/h4-6,17,21H,1-3,7-16,18-19H2,(H,27,31)/t21-/m0/s1. The van der Waals surface area contributed by atoms with Crippen molar-refractivity contribution >= 4 is 11.8 Å². The topological polar surface area (TPSA) is 61.9 Å². The summed E-state index contributed by atoms with van der Waals surface area (Å²) in [5.74, 6) is -0.291. The van der Waals surface area contributed by atoms with Gasteiger partial charge in [-0.2, -0.15) is 0 Å². The van der Waals surface area contributed by atoms with Gasteiger partial charge in [0.15, 0.2) is 0 Å². The lowest BCUT2D eigenvalue weighted by Crippen LogP contribution is -2.60. The molecular formula is C25H36FN3O3. The molecule has 2 saturated heterocycles. The van der Waals surface area contributed by atoms with Crippen molar-refractivity contribution < 1.29 is 18.7 Å². The first kappa shape index (κ1) is 23.2. The van der Waals surface area contributed by atoms with Crippen molar-refractivity contribution in [3.8, 4) is 0 Å². The van der Waals surface area contributed by atoms with E-state index < -0.39 is 0 Å². The molecule has 6 nitrogen and oxygen atoms in total. The Morgan fingerprint density at radius 3 is 2.72 bits per heavy atom. The molecule has 4 rings (SSSR count). The third-order valence-corrected chi connectivity index (χ3v) is 7.49. The smallest absolute Gasteiger partial charge is 0.224 e. The number of amides is 2. The van der Waals surface area contributed by atoms with Gasteiger partial charge in [0.2, 0.25) is 11.8 Å². The number of benzene rings is 1. The number of hydrogen-bond donors (Lipinski definition) is 1. The largest absolute Gasteiger partial charge is 0.379 e. The minimum Gasteiger partial charge on any atom is -0.379 e. The number of morpholine rings is 1. The minimum atomic E-state index is -0.262. The first-order valence-corrected chi connectivity index (χ1v) is 12.2. The van der Waals surface area contributed by atoms with Crippen LogP contribution in [0.25, 0.3) is 0 Å². The zero-order valence-corrected chi connectivity index (χ0v) is 19.0. The summed E-state index contributed by atoms with van der Waals surface area (Å²) in [4.78, 5) is 29.8. The molecule has 0 unspecified atom stereocenters. The van der Waals surface area contributed by atoms with E-state index in [2.05, 4.69) is 10.2 Å². The highest BCUT2D eigenvalue weighted by atomic mass is 19.1. The number of hydrogen-bond acceptors (Lipinski definition) is 4. The van der Waals surface area contributed by atoms with Crippen LogP contribution in [-0.2, 0) is 20.7 Å². The van der Waals surface area contributed by atoms with Gasteiger partial charge < -0.3 is 15.0 Å². The van der Waals surface area contributed by atoms with Crippen molar-refractivity contribution in [2.45, 2.75) is 56.9 Å². The number of piperidine rings is 1. The summed E-state index contributed by atoms with van der Waals surface area (Å²) in [6.07, 6.45) is 7.52. The fourth-order valence-corrected chi connectivity index (χ4v) is 5.55. The molecular weight excluding hydrogens is 409 g/mol. The fraction of sp³-hybridized carbons (Fsp3) is 0.680. The Labute approximate surface area is 190 Å². The predicted molar refractivity (Wildman–Crippen MR) is 121 cm³/mol. The van der Waals surface area contributed by atoms with Crippen LogP contribution in [0.15, 0.2) is 24.3 Å². The van der Waals surface area contributed by atoms with Crippen LogP contribution in [0.5, 0.6) is 0 Å². The minimum absolute atomic E-state index is 0.0409. The van der Waals surface area contributed by atoms with Gasteiger partial charge in [0.05, 0.1) is 19.1 Å². The first-order valence-electron chi connectivity index (χ1n) is 12.2. The Bertz CT molecular complexity index is 790. The summed E-state index contributed by atoms with van der Waals surface area (Å²) in [6, 6.07) is 6.49. The van der Waals surface area contributed by atoms with Crippen LogP contribution in [0.2, 0.25) is 0 Å². The molecule has 0 aromatic heterocycles. The van der Waals surface area contributed by atoms with Crippen LogP contribution < -0.4 is 5.32 Å². The van der Waals surface area contributed by atoms with E-state index in [9.17, 15) is 14.0 Å². The van der Waals surface area contributed by atoms with Crippen molar-refractivity contribution in [3.63, 3.8) is 0 Å². The lowest BCUT2D eigenvalue weighted by Gasteiger charge is -2.48. The Morgan fingerprint density at radius 1 is 1.19 bits per heavy atom.